The number of amides is 2. The molecule has 1 aliphatic rings. The molecular formula is C31H35Cl2N3O4S. The van der Waals surface area contributed by atoms with Gasteiger partial charge in [-0.2, -0.15) is 0 Å². The number of anilines is 1. The number of para-hydroxylation sites is 1. The molecule has 7 nitrogen and oxygen atoms in total. The summed E-state index contributed by atoms with van der Waals surface area (Å²) in [5.41, 5.74) is 1.67. The van der Waals surface area contributed by atoms with Gasteiger partial charge in [0, 0.05) is 22.6 Å². The van der Waals surface area contributed by atoms with Gasteiger partial charge in [0.25, 0.3) is 10.0 Å². The summed E-state index contributed by atoms with van der Waals surface area (Å²) in [4.78, 5) is 29.0. The van der Waals surface area contributed by atoms with Gasteiger partial charge in [-0.3, -0.25) is 13.9 Å². The standard InChI is InChI=1S/C31H35Cl2N3O4S/c1-22-11-9-10-16-29(22)36(41(39,40)27-14-7-4-8-15-27)21-30(37)35(20-24-17-18-25(32)19-28(24)33)23(2)31(38)34-26-12-5-3-6-13-26/h4,7-11,14-19,23,26H,3,5-6,12-13,20-21H2,1-2H3,(H,34,38)/t23-/m0/s1. The van der Waals surface area contributed by atoms with Crippen LogP contribution < -0.4 is 9.62 Å². The molecule has 0 spiro atoms. The summed E-state index contributed by atoms with van der Waals surface area (Å²) in [7, 11) is -4.12. The average Bonchev–Trinajstić information content (AvgIpc) is 2.96. The molecule has 0 unspecified atom stereocenters. The Hall–Kier alpha value is -3.07. The molecule has 0 heterocycles. The summed E-state index contributed by atoms with van der Waals surface area (Å²) >= 11 is 12.6. The first-order valence-electron chi connectivity index (χ1n) is 13.7. The molecule has 0 aromatic heterocycles. The highest BCUT2D eigenvalue weighted by Crippen LogP contribution is 2.28. The van der Waals surface area contributed by atoms with Crippen LogP contribution in [0.4, 0.5) is 5.69 Å². The number of nitrogens with one attached hydrogen (secondary N) is 1. The van der Waals surface area contributed by atoms with Crippen molar-refractivity contribution in [3.63, 3.8) is 0 Å². The van der Waals surface area contributed by atoms with E-state index >= 15 is 0 Å². The van der Waals surface area contributed by atoms with E-state index in [1.54, 1.807) is 74.5 Å². The molecule has 4 rings (SSSR count). The molecule has 41 heavy (non-hydrogen) atoms. The summed E-state index contributed by atoms with van der Waals surface area (Å²) in [6, 6.07) is 19.1. The highest BCUT2D eigenvalue weighted by atomic mass is 35.5. The number of halogens is 2. The molecular weight excluding hydrogens is 581 g/mol. The highest BCUT2D eigenvalue weighted by Gasteiger charge is 2.34. The molecule has 1 N–H and O–H groups in total. The SMILES string of the molecule is Cc1ccccc1N(CC(=O)N(Cc1ccc(Cl)cc1Cl)[C@@H](C)C(=O)NC1CCCCC1)S(=O)(=O)c1ccccc1. The van der Waals surface area contributed by atoms with E-state index in [0.717, 1.165) is 36.4 Å². The Morgan fingerprint density at radius 2 is 1.61 bits per heavy atom. The third-order valence-corrected chi connectivity index (χ3v) is 9.83. The molecule has 0 radical (unpaired) electrons. The van der Waals surface area contributed by atoms with E-state index in [1.165, 1.54) is 17.0 Å². The fourth-order valence-electron chi connectivity index (χ4n) is 5.06. The van der Waals surface area contributed by atoms with Crippen LogP contribution in [0.25, 0.3) is 0 Å². The van der Waals surface area contributed by atoms with Gasteiger partial charge < -0.3 is 10.2 Å². The van der Waals surface area contributed by atoms with Gasteiger partial charge in [-0.15, -0.1) is 0 Å². The van der Waals surface area contributed by atoms with Crippen molar-refractivity contribution in [1.82, 2.24) is 10.2 Å². The number of carbonyl (C=O) groups excluding carboxylic acids is 2. The number of carbonyl (C=O) groups is 2. The van der Waals surface area contributed by atoms with Crippen LogP contribution in [0.2, 0.25) is 10.0 Å². The second-order valence-electron chi connectivity index (χ2n) is 10.4. The van der Waals surface area contributed by atoms with E-state index in [9.17, 15) is 18.0 Å². The first-order chi connectivity index (χ1) is 19.6. The molecule has 1 saturated carbocycles. The fraction of sp³-hybridized carbons (Fsp3) is 0.355. The van der Waals surface area contributed by atoms with Gasteiger partial charge in [-0.05, 0) is 68.1 Å². The van der Waals surface area contributed by atoms with Gasteiger partial charge >= 0.3 is 0 Å². The molecule has 3 aromatic carbocycles. The molecule has 0 saturated heterocycles. The molecule has 3 aromatic rings. The van der Waals surface area contributed by atoms with Crippen LogP contribution >= 0.6 is 23.2 Å². The van der Waals surface area contributed by atoms with Gasteiger partial charge in [-0.1, -0.05) is 84.9 Å². The molecule has 2 amide bonds. The number of hydrogen-bond acceptors (Lipinski definition) is 4. The van der Waals surface area contributed by atoms with Crippen LogP contribution in [0.15, 0.2) is 77.7 Å². The maximum Gasteiger partial charge on any atom is 0.264 e. The van der Waals surface area contributed by atoms with Crippen LogP contribution in [0.1, 0.15) is 50.2 Å². The van der Waals surface area contributed by atoms with Crippen molar-refractivity contribution in [1.29, 1.82) is 0 Å². The Morgan fingerprint density at radius 3 is 2.27 bits per heavy atom. The molecule has 1 fully saturated rings. The van der Waals surface area contributed by atoms with Crippen LogP contribution in [0.5, 0.6) is 0 Å². The summed E-state index contributed by atoms with van der Waals surface area (Å²) in [6.07, 6.45) is 5.03. The highest BCUT2D eigenvalue weighted by molar-refractivity contribution is 7.92. The maximum absolute atomic E-state index is 14.1. The normalized spacial score (nSPS) is 14.7. The largest absolute Gasteiger partial charge is 0.352 e. The molecule has 1 atom stereocenters. The monoisotopic (exact) mass is 615 g/mol. The van der Waals surface area contributed by atoms with Crippen LogP contribution in [0, 0.1) is 6.92 Å². The van der Waals surface area contributed by atoms with Crippen LogP contribution in [0.3, 0.4) is 0 Å². The number of benzene rings is 3. The van der Waals surface area contributed by atoms with Gasteiger partial charge in [0.05, 0.1) is 10.6 Å². The Morgan fingerprint density at radius 1 is 0.951 bits per heavy atom. The third kappa shape index (κ3) is 7.61. The topological polar surface area (TPSA) is 86.8 Å². The predicted octanol–water partition coefficient (Wildman–Crippen LogP) is 6.36. The molecule has 218 valence electrons. The van der Waals surface area contributed by atoms with Crippen molar-refractivity contribution in [2.24, 2.45) is 0 Å². The Balaban J connectivity index is 1.69. The summed E-state index contributed by atoms with van der Waals surface area (Å²) < 4.78 is 28.9. The number of hydrogen-bond donors (Lipinski definition) is 1. The first-order valence-corrected chi connectivity index (χ1v) is 15.9. The lowest BCUT2D eigenvalue weighted by molar-refractivity contribution is -0.139. The minimum absolute atomic E-state index is 0.00108. The summed E-state index contributed by atoms with van der Waals surface area (Å²) in [6.45, 7) is 2.94. The van der Waals surface area contributed by atoms with E-state index in [0.29, 0.717) is 26.9 Å². The van der Waals surface area contributed by atoms with E-state index in [-0.39, 0.29) is 23.4 Å². The molecule has 0 aliphatic heterocycles. The number of nitrogens with zero attached hydrogens (tertiary/aromatic N) is 2. The van der Waals surface area contributed by atoms with Crippen LogP contribution in [-0.4, -0.2) is 43.8 Å². The van der Waals surface area contributed by atoms with Crippen molar-refractivity contribution in [3.05, 3.63) is 94.0 Å². The second kappa shape index (κ2) is 13.7. The lowest BCUT2D eigenvalue weighted by Crippen LogP contribution is -2.53. The lowest BCUT2D eigenvalue weighted by Gasteiger charge is -2.33. The first kappa shape index (κ1) is 30.9. The Kier molecular flexibility index (Phi) is 10.3. The average molecular weight is 617 g/mol. The van der Waals surface area contributed by atoms with Crippen molar-refractivity contribution >= 4 is 50.7 Å². The minimum atomic E-state index is -4.12. The van der Waals surface area contributed by atoms with E-state index in [4.69, 9.17) is 23.2 Å². The predicted molar refractivity (Wildman–Crippen MR) is 164 cm³/mol. The van der Waals surface area contributed by atoms with Gasteiger partial charge in [0.1, 0.15) is 12.6 Å². The maximum atomic E-state index is 14.1. The van der Waals surface area contributed by atoms with E-state index in [1.807, 2.05) is 0 Å². The summed E-state index contributed by atoms with van der Waals surface area (Å²) in [5, 5.41) is 3.89. The van der Waals surface area contributed by atoms with E-state index in [2.05, 4.69) is 5.32 Å². The van der Waals surface area contributed by atoms with Gasteiger partial charge in [0.2, 0.25) is 11.8 Å². The Bertz CT molecular complexity index is 1480. The smallest absolute Gasteiger partial charge is 0.264 e. The van der Waals surface area contributed by atoms with Gasteiger partial charge in [-0.25, -0.2) is 8.42 Å². The quantitative estimate of drug-likeness (QED) is 0.287. The fourth-order valence-corrected chi connectivity index (χ4v) is 7.03. The Labute approximate surface area is 252 Å². The van der Waals surface area contributed by atoms with Crippen molar-refractivity contribution in [2.45, 2.75) is 69.5 Å². The number of aryl methyl sites for hydroxylation is 1. The zero-order valence-corrected chi connectivity index (χ0v) is 25.6. The van der Waals surface area contributed by atoms with Crippen LogP contribution in [-0.2, 0) is 26.2 Å². The minimum Gasteiger partial charge on any atom is -0.352 e. The van der Waals surface area contributed by atoms with Crippen molar-refractivity contribution in [3.8, 4) is 0 Å². The molecule has 10 heteroatoms. The molecule has 0 bridgehead atoms. The number of sulfonamides is 1. The second-order valence-corrected chi connectivity index (χ2v) is 13.1. The zero-order chi connectivity index (χ0) is 29.6. The zero-order valence-electron chi connectivity index (χ0n) is 23.2. The number of rotatable bonds is 10. The van der Waals surface area contributed by atoms with Crippen molar-refractivity contribution in [2.75, 3.05) is 10.8 Å². The summed E-state index contributed by atoms with van der Waals surface area (Å²) in [5.74, 6) is -0.825. The molecule has 1 aliphatic carbocycles. The third-order valence-electron chi connectivity index (χ3n) is 7.47. The van der Waals surface area contributed by atoms with E-state index < -0.39 is 28.5 Å². The lowest BCUT2D eigenvalue weighted by atomic mass is 9.95. The van der Waals surface area contributed by atoms with Crippen molar-refractivity contribution < 1.29 is 18.0 Å². The van der Waals surface area contributed by atoms with Gasteiger partial charge in [0.15, 0.2) is 0 Å².